The summed E-state index contributed by atoms with van der Waals surface area (Å²) in [7, 11) is 2.96. The van der Waals surface area contributed by atoms with Crippen LogP contribution in [0.3, 0.4) is 0 Å². The molecule has 22 heteroatoms. The van der Waals surface area contributed by atoms with E-state index >= 15 is 0 Å². The molecule has 366 valence electrons. The number of benzene rings is 2. The van der Waals surface area contributed by atoms with Gasteiger partial charge in [0.05, 0.1) is 26.9 Å². The fourth-order valence-electron chi connectivity index (χ4n) is 6.96. The van der Waals surface area contributed by atoms with Gasteiger partial charge in [0, 0.05) is 54.5 Å². The van der Waals surface area contributed by atoms with Crippen LogP contribution in [0.1, 0.15) is 66.5 Å². The van der Waals surface area contributed by atoms with Gasteiger partial charge in [-0.05, 0) is 54.8 Å². The second-order valence-corrected chi connectivity index (χ2v) is 14.9. The fraction of sp³-hybridized carbons (Fsp3) is 0.511. The SMILES string of the molecule is COc1ccc(CCO[C@@H]2O[C@H](COC(C)=O)[C@@H](OC(=O)/C=C/c3ccc(OC(C)=O)c(OC(C)=O)c3)[C@H](O[C@@H]3O[C@@H](C)[C@H](OC(C)=O)[C@@H](OC(C)=O)[C@H]3OC(C)=O)[C@H]2OC(C)=O)cc1OC. The number of esters is 8. The molecule has 22 nitrogen and oxygen atoms in total. The van der Waals surface area contributed by atoms with Crippen LogP contribution in [0, 0.1) is 0 Å². The van der Waals surface area contributed by atoms with Crippen molar-refractivity contribution in [1.82, 2.24) is 0 Å². The van der Waals surface area contributed by atoms with Crippen LogP contribution < -0.4 is 18.9 Å². The largest absolute Gasteiger partial charge is 0.493 e. The molecule has 4 rings (SSSR count). The van der Waals surface area contributed by atoms with E-state index in [1.807, 2.05) is 0 Å². The average molecular weight is 947 g/mol. The lowest BCUT2D eigenvalue weighted by Crippen LogP contribution is -2.66. The van der Waals surface area contributed by atoms with E-state index < -0.39 is 116 Å². The molecule has 2 saturated heterocycles. The molecular weight excluding hydrogens is 892 g/mol. The van der Waals surface area contributed by atoms with E-state index in [0.29, 0.717) is 11.5 Å². The highest BCUT2D eigenvalue weighted by atomic mass is 16.8. The molecule has 2 aliphatic heterocycles. The summed E-state index contributed by atoms with van der Waals surface area (Å²) >= 11 is 0. The molecule has 10 atom stereocenters. The van der Waals surface area contributed by atoms with Crippen molar-refractivity contribution in [2.24, 2.45) is 0 Å². The van der Waals surface area contributed by atoms with Crippen LogP contribution in [0.4, 0.5) is 0 Å². The molecule has 2 aromatic carbocycles. The van der Waals surface area contributed by atoms with Gasteiger partial charge in [-0.15, -0.1) is 0 Å². The molecule has 2 aromatic rings. The standard InChI is InChI=1S/C45H54O22/c1-22-38(61-26(5)49)40(62-27(6)50)43(64-29(8)52)45(58-22)67-41-39(66-37(53)16-13-30-12-15-33(59-24(3)47)35(20-30)60-25(4)48)36(21-57-23(2)46)65-44(42(41)63-28(7)51)56-18-17-31-11-14-32(54-9)34(19-31)55-10/h11-16,19-20,22,36,38-45H,17-18,21H2,1-10H3/b16-13+/t22-,36+,38-,39+,40+,41-,42+,43+,44+,45-/m0/s1. The zero-order valence-electron chi connectivity index (χ0n) is 38.5. The van der Waals surface area contributed by atoms with Gasteiger partial charge in [0.1, 0.15) is 18.8 Å². The zero-order valence-corrected chi connectivity index (χ0v) is 38.5. The molecule has 2 fully saturated rings. The molecule has 0 radical (unpaired) electrons. The van der Waals surface area contributed by atoms with Crippen LogP contribution in [-0.4, -0.2) is 137 Å². The molecule has 2 aliphatic rings. The first-order chi connectivity index (χ1) is 31.7. The zero-order chi connectivity index (χ0) is 49.5. The first kappa shape index (κ1) is 53.0. The van der Waals surface area contributed by atoms with Crippen molar-refractivity contribution in [3.8, 4) is 23.0 Å². The summed E-state index contributed by atoms with van der Waals surface area (Å²) in [5.74, 6) is -6.00. The van der Waals surface area contributed by atoms with E-state index in [1.165, 1.54) is 45.4 Å². The van der Waals surface area contributed by atoms with Crippen molar-refractivity contribution in [1.29, 1.82) is 0 Å². The van der Waals surface area contributed by atoms with Crippen molar-refractivity contribution in [3.63, 3.8) is 0 Å². The third-order valence-corrected chi connectivity index (χ3v) is 9.53. The van der Waals surface area contributed by atoms with E-state index in [0.717, 1.165) is 60.1 Å². The maximum absolute atomic E-state index is 13.9. The van der Waals surface area contributed by atoms with Crippen molar-refractivity contribution in [2.75, 3.05) is 27.4 Å². The minimum atomic E-state index is -1.76. The fourth-order valence-corrected chi connectivity index (χ4v) is 6.96. The van der Waals surface area contributed by atoms with Gasteiger partial charge in [0.15, 0.2) is 66.1 Å². The molecule has 0 spiro atoms. The average Bonchev–Trinajstić information content (AvgIpc) is 3.23. The van der Waals surface area contributed by atoms with Crippen molar-refractivity contribution in [3.05, 3.63) is 53.6 Å². The van der Waals surface area contributed by atoms with Gasteiger partial charge in [0.25, 0.3) is 0 Å². The summed E-state index contributed by atoms with van der Waals surface area (Å²) in [5, 5.41) is 0. The Morgan fingerprint density at radius 2 is 1.12 bits per heavy atom. The molecule has 0 aliphatic carbocycles. The Kier molecular flexibility index (Phi) is 19.6. The quantitative estimate of drug-likeness (QED) is 0.0848. The van der Waals surface area contributed by atoms with E-state index in [-0.39, 0.29) is 30.1 Å². The number of carbonyl (C=O) groups excluding carboxylic acids is 8. The number of hydrogen-bond donors (Lipinski definition) is 0. The van der Waals surface area contributed by atoms with E-state index in [2.05, 4.69) is 0 Å². The van der Waals surface area contributed by atoms with Gasteiger partial charge in [-0.25, -0.2) is 4.79 Å². The Hall–Kier alpha value is -6.62. The smallest absolute Gasteiger partial charge is 0.331 e. The molecule has 0 N–H and O–H groups in total. The van der Waals surface area contributed by atoms with Crippen molar-refractivity contribution in [2.45, 2.75) is 123 Å². The predicted molar refractivity (Wildman–Crippen MR) is 224 cm³/mol. The highest BCUT2D eigenvalue weighted by molar-refractivity contribution is 5.87. The lowest BCUT2D eigenvalue weighted by atomic mass is 9.96. The number of methoxy groups -OCH3 is 2. The lowest BCUT2D eigenvalue weighted by Gasteiger charge is -2.48. The molecule has 0 amide bonds. The summed E-state index contributed by atoms with van der Waals surface area (Å²) in [5.41, 5.74) is 0.996. The highest BCUT2D eigenvalue weighted by Gasteiger charge is 2.57. The van der Waals surface area contributed by atoms with E-state index in [4.69, 9.17) is 66.3 Å². The van der Waals surface area contributed by atoms with Crippen LogP contribution in [0.2, 0.25) is 0 Å². The number of ether oxygens (including phenoxy) is 14. The second kappa shape index (κ2) is 24.8. The third-order valence-electron chi connectivity index (χ3n) is 9.53. The summed E-state index contributed by atoms with van der Waals surface area (Å²) in [6, 6.07) is 9.25. The molecule has 0 aromatic heterocycles. The Morgan fingerprint density at radius 1 is 0.552 bits per heavy atom. The van der Waals surface area contributed by atoms with Crippen LogP contribution in [0.5, 0.6) is 23.0 Å². The Morgan fingerprint density at radius 3 is 1.70 bits per heavy atom. The number of carbonyl (C=O) groups is 8. The lowest BCUT2D eigenvalue weighted by molar-refractivity contribution is -0.359. The first-order valence-corrected chi connectivity index (χ1v) is 20.7. The molecule has 2 heterocycles. The van der Waals surface area contributed by atoms with Gasteiger partial charge < -0.3 is 66.3 Å². The molecule has 0 unspecified atom stereocenters. The highest BCUT2D eigenvalue weighted by Crippen LogP contribution is 2.36. The molecule has 0 saturated carbocycles. The topological polar surface area (TPSA) is 266 Å². The predicted octanol–water partition coefficient (Wildman–Crippen LogP) is 2.88. The minimum Gasteiger partial charge on any atom is -0.493 e. The van der Waals surface area contributed by atoms with E-state index in [1.54, 1.807) is 18.2 Å². The van der Waals surface area contributed by atoms with E-state index in [9.17, 15) is 38.4 Å². The Bertz CT molecular complexity index is 2150. The van der Waals surface area contributed by atoms with Gasteiger partial charge in [-0.1, -0.05) is 12.1 Å². The van der Waals surface area contributed by atoms with Gasteiger partial charge in [-0.3, -0.25) is 33.6 Å². The maximum Gasteiger partial charge on any atom is 0.331 e. The van der Waals surface area contributed by atoms with Crippen LogP contribution in [0.25, 0.3) is 6.08 Å². The first-order valence-electron chi connectivity index (χ1n) is 20.7. The van der Waals surface area contributed by atoms with Crippen LogP contribution in [-0.2, 0) is 92.1 Å². The van der Waals surface area contributed by atoms with Gasteiger partial charge in [0.2, 0.25) is 0 Å². The Labute approximate surface area is 385 Å². The van der Waals surface area contributed by atoms with Crippen LogP contribution in [0.15, 0.2) is 42.5 Å². The van der Waals surface area contributed by atoms with Gasteiger partial charge in [-0.2, -0.15) is 0 Å². The monoisotopic (exact) mass is 946 g/mol. The van der Waals surface area contributed by atoms with Crippen molar-refractivity contribution < 1.29 is 105 Å². The summed E-state index contributed by atoms with van der Waals surface area (Å²) in [4.78, 5) is 99.7. The third kappa shape index (κ3) is 15.8. The molecule has 67 heavy (non-hydrogen) atoms. The number of hydrogen-bond acceptors (Lipinski definition) is 22. The Balaban J connectivity index is 1.82. The summed E-state index contributed by atoms with van der Waals surface area (Å²) < 4.78 is 79.8. The molecular formula is C45H54O22. The second-order valence-electron chi connectivity index (χ2n) is 14.9. The molecule has 0 bridgehead atoms. The van der Waals surface area contributed by atoms with Crippen molar-refractivity contribution >= 4 is 53.8 Å². The normalized spacial score (nSPS) is 24.6. The van der Waals surface area contributed by atoms with Crippen LogP contribution >= 0.6 is 0 Å². The summed E-state index contributed by atoms with van der Waals surface area (Å²) in [6.45, 7) is 8.45. The maximum atomic E-state index is 13.9. The summed E-state index contributed by atoms with van der Waals surface area (Å²) in [6.07, 6.45) is -13.0. The number of rotatable bonds is 19. The minimum absolute atomic E-state index is 0.0754. The van der Waals surface area contributed by atoms with Gasteiger partial charge >= 0.3 is 47.8 Å².